The summed E-state index contributed by atoms with van der Waals surface area (Å²) < 4.78 is 12.1. The molecule has 30 heavy (non-hydrogen) atoms. The van der Waals surface area contributed by atoms with Gasteiger partial charge in [-0.1, -0.05) is 18.2 Å². The van der Waals surface area contributed by atoms with Crippen molar-refractivity contribution in [3.63, 3.8) is 0 Å². The molecule has 0 aliphatic carbocycles. The summed E-state index contributed by atoms with van der Waals surface area (Å²) in [6.45, 7) is 7.10. The third kappa shape index (κ3) is 3.36. The monoisotopic (exact) mass is 404 g/mol. The number of benzene rings is 2. The fourth-order valence-electron chi connectivity index (χ4n) is 4.00. The molecule has 7 nitrogen and oxygen atoms in total. The molecule has 154 valence electrons. The summed E-state index contributed by atoms with van der Waals surface area (Å²) in [5.74, 6) is 1.29. The summed E-state index contributed by atoms with van der Waals surface area (Å²) in [5, 5.41) is 23.4. The molecule has 1 fully saturated rings. The smallest absolute Gasteiger partial charge is 0.172 e. The number of furan rings is 1. The summed E-state index contributed by atoms with van der Waals surface area (Å²) in [7, 11) is 0. The molecule has 0 saturated carbocycles. The lowest BCUT2D eigenvalue weighted by Crippen LogP contribution is -2.42. The van der Waals surface area contributed by atoms with Crippen molar-refractivity contribution >= 4 is 28.4 Å². The molecule has 0 spiro atoms. The van der Waals surface area contributed by atoms with Crippen molar-refractivity contribution in [1.82, 2.24) is 10.2 Å². The highest BCUT2D eigenvalue weighted by atomic mass is 16.5. The fraction of sp³-hybridized carbons (Fsp3) is 0.304. The van der Waals surface area contributed by atoms with Crippen molar-refractivity contribution in [2.24, 2.45) is 10.2 Å². The van der Waals surface area contributed by atoms with Crippen LogP contribution in [-0.2, 0) is 6.54 Å². The molecule has 1 aromatic heterocycles. The highest BCUT2D eigenvalue weighted by Crippen LogP contribution is 2.42. The molecule has 2 aromatic carbocycles. The summed E-state index contributed by atoms with van der Waals surface area (Å²) in [4.78, 5) is 2.37. The van der Waals surface area contributed by atoms with E-state index in [0.29, 0.717) is 35.6 Å². The van der Waals surface area contributed by atoms with E-state index in [1.165, 1.54) is 0 Å². The van der Waals surface area contributed by atoms with Gasteiger partial charge < -0.3 is 19.6 Å². The van der Waals surface area contributed by atoms with Crippen LogP contribution in [0.5, 0.6) is 11.5 Å². The maximum atomic E-state index is 10.9. The van der Waals surface area contributed by atoms with Crippen LogP contribution in [0.2, 0.25) is 0 Å². The van der Waals surface area contributed by atoms with E-state index in [-0.39, 0.29) is 5.75 Å². The SMILES string of the molecule is CCOc1ccc2c(O)c(C=C3N=Nc4ccccc43)oc2c1CN1CCNCC1. The lowest BCUT2D eigenvalue weighted by molar-refractivity contribution is 0.228. The normalized spacial score (nSPS) is 17.7. The lowest BCUT2D eigenvalue weighted by Gasteiger charge is -2.27. The highest BCUT2D eigenvalue weighted by Gasteiger charge is 2.22. The van der Waals surface area contributed by atoms with E-state index < -0.39 is 0 Å². The van der Waals surface area contributed by atoms with Gasteiger partial charge in [-0.15, -0.1) is 10.2 Å². The number of ether oxygens (including phenoxy) is 1. The Kier molecular flexibility index (Phi) is 4.98. The van der Waals surface area contributed by atoms with Crippen LogP contribution in [0.4, 0.5) is 5.69 Å². The number of fused-ring (bicyclic) bond motifs is 2. The molecule has 2 aliphatic heterocycles. The molecule has 3 aromatic rings. The molecule has 7 heteroatoms. The van der Waals surface area contributed by atoms with E-state index in [1.54, 1.807) is 6.08 Å². The molecule has 0 radical (unpaired) electrons. The molecule has 3 heterocycles. The van der Waals surface area contributed by atoms with Crippen LogP contribution in [0, 0.1) is 0 Å². The van der Waals surface area contributed by atoms with E-state index in [1.807, 2.05) is 43.3 Å². The third-order valence-electron chi connectivity index (χ3n) is 5.52. The zero-order chi connectivity index (χ0) is 20.5. The summed E-state index contributed by atoms with van der Waals surface area (Å²) in [6, 6.07) is 11.5. The minimum absolute atomic E-state index is 0.113. The lowest BCUT2D eigenvalue weighted by atomic mass is 10.1. The van der Waals surface area contributed by atoms with E-state index in [0.717, 1.165) is 48.7 Å². The van der Waals surface area contributed by atoms with Gasteiger partial charge >= 0.3 is 0 Å². The van der Waals surface area contributed by atoms with Crippen molar-refractivity contribution in [3.8, 4) is 11.5 Å². The molecule has 0 atom stereocenters. The van der Waals surface area contributed by atoms with Crippen LogP contribution in [-0.4, -0.2) is 42.8 Å². The second-order valence-corrected chi connectivity index (χ2v) is 7.44. The highest BCUT2D eigenvalue weighted by molar-refractivity contribution is 5.95. The summed E-state index contributed by atoms with van der Waals surface area (Å²) >= 11 is 0. The van der Waals surface area contributed by atoms with E-state index in [9.17, 15) is 5.11 Å². The van der Waals surface area contributed by atoms with Crippen LogP contribution in [0.25, 0.3) is 22.7 Å². The van der Waals surface area contributed by atoms with Gasteiger partial charge in [0.25, 0.3) is 0 Å². The molecule has 5 rings (SSSR count). The Morgan fingerprint density at radius 3 is 2.83 bits per heavy atom. The molecule has 0 unspecified atom stereocenters. The standard InChI is InChI=1S/C23H24N4O3/c1-2-29-20-8-7-16-22(28)21(13-19-15-5-3-4-6-18(15)25-26-19)30-23(16)17(20)14-27-11-9-24-10-12-27/h3-8,13,24,28H,2,9-12,14H2,1H3. The van der Waals surface area contributed by atoms with Crippen LogP contribution >= 0.6 is 0 Å². The molecule has 0 amide bonds. The van der Waals surface area contributed by atoms with Crippen molar-refractivity contribution in [2.45, 2.75) is 13.5 Å². The number of aromatic hydroxyl groups is 1. The third-order valence-corrected chi connectivity index (χ3v) is 5.52. The second-order valence-electron chi connectivity index (χ2n) is 7.44. The zero-order valence-electron chi connectivity index (χ0n) is 16.9. The predicted molar refractivity (Wildman–Crippen MR) is 116 cm³/mol. The first kappa shape index (κ1) is 18.8. The largest absolute Gasteiger partial charge is 0.504 e. The van der Waals surface area contributed by atoms with Crippen LogP contribution in [0.15, 0.2) is 51.0 Å². The van der Waals surface area contributed by atoms with Crippen molar-refractivity contribution in [3.05, 3.63) is 53.3 Å². The Balaban J connectivity index is 1.58. The van der Waals surface area contributed by atoms with E-state index >= 15 is 0 Å². The van der Waals surface area contributed by atoms with Crippen LogP contribution in [0.3, 0.4) is 0 Å². The Bertz CT molecular complexity index is 1140. The minimum Gasteiger partial charge on any atom is -0.504 e. The number of hydrogen-bond donors (Lipinski definition) is 2. The number of nitrogens with zero attached hydrogens (tertiary/aromatic N) is 3. The van der Waals surface area contributed by atoms with E-state index in [2.05, 4.69) is 20.4 Å². The molecule has 1 saturated heterocycles. The Hall–Kier alpha value is -3.16. The number of hydrogen-bond acceptors (Lipinski definition) is 7. The Morgan fingerprint density at radius 1 is 1.17 bits per heavy atom. The Labute approximate surface area is 174 Å². The van der Waals surface area contributed by atoms with Crippen molar-refractivity contribution in [1.29, 1.82) is 0 Å². The molecule has 2 N–H and O–H groups in total. The number of rotatable bonds is 5. The number of nitrogens with one attached hydrogen (secondary N) is 1. The Morgan fingerprint density at radius 2 is 2.00 bits per heavy atom. The first-order valence-corrected chi connectivity index (χ1v) is 10.3. The van der Waals surface area contributed by atoms with Gasteiger partial charge in [0.2, 0.25) is 0 Å². The molecular weight excluding hydrogens is 380 g/mol. The molecule has 2 aliphatic rings. The van der Waals surface area contributed by atoms with Gasteiger partial charge in [-0.2, -0.15) is 0 Å². The average molecular weight is 404 g/mol. The number of piperazine rings is 1. The van der Waals surface area contributed by atoms with Gasteiger partial charge in [0.05, 0.1) is 28.9 Å². The molecular formula is C23H24N4O3. The second kappa shape index (κ2) is 7.93. The summed E-state index contributed by atoms with van der Waals surface area (Å²) in [5.41, 5.74) is 4.04. The maximum Gasteiger partial charge on any atom is 0.172 e. The van der Waals surface area contributed by atoms with E-state index in [4.69, 9.17) is 9.15 Å². The van der Waals surface area contributed by atoms with Gasteiger partial charge in [-0.25, -0.2) is 0 Å². The fourth-order valence-corrected chi connectivity index (χ4v) is 4.00. The topological polar surface area (TPSA) is 82.6 Å². The van der Waals surface area contributed by atoms with Gasteiger partial charge in [-0.3, -0.25) is 4.90 Å². The average Bonchev–Trinajstić information content (AvgIpc) is 3.32. The quantitative estimate of drug-likeness (QED) is 0.652. The predicted octanol–water partition coefficient (Wildman–Crippen LogP) is 4.54. The zero-order valence-corrected chi connectivity index (χ0v) is 16.9. The van der Waals surface area contributed by atoms with Crippen LogP contribution in [0.1, 0.15) is 23.8 Å². The first-order chi connectivity index (χ1) is 14.7. The van der Waals surface area contributed by atoms with Gasteiger partial charge in [0.15, 0.2) is 11.5 Å². The van der Waals surface area contributed by atoms with Gasteiger partial charge in [-0.05, 0) is 25.1 Å². The van der Waals surface area contributed by atoms with Crippen LogP contribution < -0.4 is 10.1 Å². The van der Waals surface area contributed by atoms with Gasteiger partial charge in [0, 0.05) is 44.4 Å². The number of azo groups is 1. The maximum absolute atomic E-state index is 10.9. The van der Waals surface area contributed by atoms with Crippen molar-refractivity contribution < 1.29 is 14.3 Å². The molecule has 0 bridgehead atoms. The minimum atomic E-state index is 0.113. The summed E-state index contributed by atoms with van der Waals surface area (Å²) in [6.07, 6.45) is 1.75. The van der Waals surface area contributed by atoms with Gasteiger partial charge in [0.1, 0.15) is 11.3 Å². The first-order valence-electron chi connectivity index (χ1n) is 10.3. The van der Waals surface area contributed by atoms with Crippen molar-refractivity contribution in [2.75, 3.05) is 32.8 Å².